The number of aliphatic hydroxyl groups excluding tert-OH is 1. The zero-order valence-corrected chi connectivity index (χ0v) is 25.7. The number of carbonyl (C=O) groups excluding carboxylic acids is 1. The number of allylic oxidation sites excluding steroid dienone is 1. The SMILES string of the molecule is O=C(NO)c1cnc(N2CCN(S(=O)(=O)c3ccc(C4=C(CN5CCN(CCOCCO)CC5)SCC4)cc3)CC2)nc1. The lowest BCUT2D eigenvalue weighted by atomic mass is 10.0. The van der Waals surface area contributed by atoms with Crippen LogP contribution in [0.2, 0.25) is 0 Å². The number of carbonyl (C=O) groups is 1. The van der Waals surface area contributed by atoms with E-state index < -0.39 is 15.9 Å². The lowest BCUT2D eigenvalue weighted by Gasteiger charge is -2.35. The van der Waals surface area contributed by atoms with E-state index in [1.54, 1.807) is 17.6 Å². The van der Waals surface area contributed by atoms with E-state index in [-0.39, 0.29) is 17.1 Å². The summed E-state index contributed by atoms with van der Waals surface area (Å²) >= 11 is 1.90. The van der Waals surface area contributed by atoms with Crippen LogP contribution in [0.4, 0.5) is 5.95 Å². The van der Waals surface area contributed by atoms with E-state index in [2.05, 4.69) is 19.8 Å². The third-order valence-electron chi connectivity index (χ3n) is 7.95. The van der Waals surface area contributed by atoms with Crippen molar-refractivity contribution in [2.45, 2.75) is 11.3 Å². The maximum absolute atomic E-state index is 13.4. The fourth-order valence-electron chi connectivity index (χ4n) is 5.46. The van der Waals surface area contributed by atoms with Gasteiger partial charge in [0.05, 0.1) is 30.3 Å². The fourth-order valence-corrected chi connectivity index (χ4v) is 8.10. The molecule has 0 saturated carbocycles. The highest BCUT2D eigenvalue weighted by atomic mass is 32.2. The Hall–Kier alpha value is -2.63. The van der Waals surface area contributed by atoms with Crippen molar-refractivity contribution < 1.29 is 28.3 Å². The van der Waals surface area contributed by atoms with Gasteiger partial charge in [-0.25, -0.2) is 23.9 Å². The van der Waals surface area contributed by atoms with Crippen LogP contribution in [0, 0.1) is 0 Å². The summed E-state index contributed by atoms with van der Waals surface area (Å²) in [5.41, 5.74) is 4.07. The van der Waals surface area contributed by atoms with Crippen molar-refractivity contribution in [1.82, 2.24) is 29.6 Å². The Morgan fingerprint density at radius 1 is 0.953 bits per heavy atom. The number of hydrogen-bond donors (Lipinski definition) is 3. The van der Waals surface area contributed by atoms with Crippen LogP contribution >= 0.6 is 11.8 Å². The molecule has 1 aromatic heterocycles. The molecule has 0 bridgehead atoms. The number of hydroxylamine groups is 1. The summed E-state index contributed by atoms with van der Waals surface area (Å²) in [4.78, 5) is 28.3. The third-order valence-corrected chi connectivity index (χ3v) is 11.0. The number of nitrogens with one attached hydrogen (secondary N) is 1. The second-order valence-corrected chi connectivity index (χ2v) is 13.7. The molecule has 2 saturated heterocycles. The number of ether oxygens (including phenoxy) is 1. The minimum absolute atomic E-state index is 0.0592. The average molecular weight is 634 g/mol. The molecule has 15 heteroatoms. The van der Waals surface area contributed by atoms with E-state index in [1.165, 1.54) is 27.2 Å². The highest BCUT2D eigenvalue weighted by molar-refractivity contribution is 8.03. The van der Waals surface area contributed by atoms with E-state index in [0.29, 0.717) is 45.3 Å². The van der Waals surface area contributed by atoms with Gasteiger partial charge in [0.25, 0.3) is 5.91 Å². The molecule has 5 rings (SSSR count). The standard InChI is InChI=1S/C28H39N7O6S2/c36-15-17-41-16-14-32-6-8-33(9-7-32)21-26-25(5-18-42-26)22-1-3-24(4-2-22)43(39,40)35-12-10-34(11-13-35)28-29-19-23(20-30-28)27(37)31-38/h1-4,19-20,36,38H,5-18,21H2,(H,31,37). The van der Waals surface area contributed by atoms with E-state index in [9.17, 15) is 13.2 Å². The first kappa shape index (κ1) is 31.8. The lowest BCUT2D eigenvalue weighted by Crippen LogP contribution is -2.49. The van der Waals surface area contributed by atoms with Crippen molar-refractivity contribution >= 4 is 39.2 Å². The molecule has 3 aliphatic rings. The monoisotopic (exact) mass is 633 g/mol. The van der Waals surface area contributed by atoms with Crippen LogP contribution < -0.4 is 10.4 Å². The molecule has 0 aliphatic carbocycles. The van der Waals surface area contributed by atoms with E-state index in [4.69, 9.17) is 15.1 Å². The number of hydrogen-bond acceptors (Lipinski definition) is 12. The maximum atomic E-state index is 13.4. The topological polar surface area (TPSA) is 152 Å². The molecule has 3 aliphatic heterocycles. The normalized spacial score (nSPS) is 19.3. The number of piperazine rings is 2. The van der Waals surface area contributed by atoms with Crippen molar-refractivity contribution in [2.75, 3.05) is 95.9 Å². The predicted molar refractivity (Wildman–Crippen MR) is 163 cm³/mol. The Morgan fingerprint density at radius 3 is 2.28 bits per heavy atom. The highest BCUT2D eigenvalue weighted by Gasteiger charge is 2.30. The lowest BCUT2D eigenvalue weighted by molar-refractivity contribution is 0.0593. The van der Waals surface area contributed by atoms with Crippen molar-refractivity contribution in [3.05, 3.63) is 52.7 Å². The maximum Gasteiger partial charge on any atom is 0.277 e. The van der Waals surface area contributed by atoms with Gasteiger partial charge in [-0.1, -0.05) is 12.1 Å². The number of aliphatic hydroxyl groups is 1. The molecule has 1 amide bonds. The first-order chi connectivity index (χ1) is 20.9. The van der Waals surface area contributed by atoms with Crippen LogP contribution in [0.5, 0.6) is 0 Å². The molecule has 2 fully saturated rings. The molecule has 1 aromatic carbocycles. The Balaban J connectivity index is 1.15. The molecule has 13 nitrogen and oxygen atoms in total. The van der Waals surface area contributed by atoms with Gasteiger partial charge in [0.15, 0.2) is 0 Å². The summed E-state index contributed by atoms with van der Waals surface area (Å²) in [6, 6.07) is 7.31. The summed E-state index contributed by atoms with van der Waals surface area (Å²) in [6.45, 7) is 8.32. The first-order valence-electron chi connectivity index (χ1n) is 14.5. The van der Waals surface area contributed by atoms with Gasteiger partial charge in [-0.05, 0) is 29.7 Å². The van der Waals surface area contributed by atoms with Gasteiger partial charge in [-0.2, -0.15) is 4.31 Å². The van der Waals surface area contributed by atoms with Crippen molar-refractivity contribution in [2.24, 2.45) is 0 Å². The van der Waals surface area contributed by atoms with Crippen molar-refractivity contribution in [1.29, 1.82) is 0 Å². The van der Waals surface area contributed by atoms with Gasteiger partial charge < -0.3 is 14.7 Å². The summed E-state index contributed by atoms with van der Waals surface area (Å²) < 4.78 is 33.7. The molecule has 43 heavy (non-hydrogen) atoms. The predicted octanol–water partition coefficient (Wildman–Crippen LogP) is 0.581. The molecule has 3 N–H and O–H groups in total. The number of anilines is 1. The number of thioether (sulfide) groups is 1. The molecule has 0 atom stereocenters. The van der Waals surface area contributed by atoms with Crippen LogP contribution in [0.1, 0.15) is 22.3 Å². The van der Waals surface area contributed by atoms with Crippen LogP contribution in [0.25, 0.3) is 5.57 Å². The number of rotatable bonds is 12. The third kappa shape index (κ3) is 7.91. The molecule has 4 heterocycles. The van der Waals surface area contributed by atoms with Gasteiger partial charge in [0.1, 0.15) is 0 Å². The summed E-state index contributed by atoms with van der Waals surface area (Å²) in [5.74, 6) is 0.748. The Bertz CT molecular complexity index is 1360. The number of benzene rings is 1. The minimum Gasteiger partial charge on any atom is -0.394 e. The second-order valence-electron chi connectivity index (χ2n) is 10.6. The van der Waals surface area contributed by atoms with Crippen LogP contribution in [-0.4, -0.2) is 140 Å². The van der Waals surface area contributed by atoms with Crippen LogP contribution in [0.15, 0.2) is 46.5 Å². The second kappa shape index (κ2) is 14.9. The van der Waals surface area contributed by atoms with Gasteiger partial charge in [-0.3, -0.25) is 19.8 Å². The van der Waals surface area contributed by atoms with Crippen molar-refractivity contribution in [3.8, 4) is 0 Å². The number of amides is 1. The van der Waals surface area contributed by atoms with Gasteiger partial charge in [-0.15, -0.1) is 11.8 Å². The zero-order valence-electron chi connectivity index (χ0n) is 24.1. The Morgan fingerprint density at radius 2 is 1.63 bits per heavy atom. The highest BCUT2D eigenvalue weighted by Crippen LogP contribution is 2.38. The van der Waals surface area contributed by atoms with Crippen molar-refractivity contribution in [3.63, 3.8) is 0 Å². The largest absolute Gasteiger partial charge is 0.394 e. The zero-order chi connectivity index (χ0) is 30.2. The van der Waals surface area contributed by atoms with E-state index in [1.807, 2.05) is 28.8 Å². The minimum atomic E-state index is -3.65. The summed E-state index contributed by atoms with van der Waals surface area (Å²) in [5, 5.41) is 17.6. The Labute approximate surface area is 256 Å². The van der Waals surface area contributed by atoms with Crippen LogP contribution in [-0.2, 0) is 14.8 Å². The first-order valence-corrected chi connectivity index (χ1v) is 16.9. The molecule has 234 valence electrons. The van der Waals surface area contributed by atoms with Gasteiger partial charge in [0, 0.05) is 88.5 Å². The van der Waals surface area contributed by atoms with Gasteiger partial charge >= 0.3 is 0 Å². The quantitative estimate of drug-likeness (QED) is 0.170. The molecular weight excluding hydrogens is 594 g/mol. The van der Waals surface area contributed by atoms with E-state index >= 15 is 0 Å². The van der Waals surface area contributed by atoms with E-state index in [0.717, 1.165) is 57.0 Å². The average Bonchev–Trinajstić information content (AvgIpc) is 3.51. The van der Waals surface area contributed by atoms with Gasteiger partial charge in [0.2, 0.25) is 16.0 Å². The summed E-state index contributed by atoms with van der Waals surface area (Å²) in [6.07, 6.45) is 3.62. The Kier molecular flexibility index (Phi) is 11.0. The van der Waals surface area contributed by atoms with Crippen LogP contribution in [0.3, 0.4) is 0 Å². The molecule has 0 radical (unpaired) electrons. The number of sulfonamides is 1. The molecule has 0 spiro atoms. The molecule has 0 unspecified atom stereocenters. The number of aromatic nitrogens is 2. The summed E-state index contributed by atoms with van der Waals surface area (Å²) in [7, 11) is -3.65. The molecule has 2 aromatic rings. The smallest absolute Gasteiger partial charge is 0.277 e. The molecular formula is C28H39N7O6S2. The number of nitrogens with zero attached hydrogens (tertiary/aromatic N) is 6. The fraction of sp³-hybridized carbons (Fsp3) is 0.536.